The molecule has 0 unspecified atom stereocenters. The Bertz CT molecular complexity index is 480. The largest absolute Gasteiger partial charge is 0.480 e. The lowest BCUT2D eigenvalue weighted by Crippen LogP contribution is -2.45. The Morgan fingerprint density at radius 3 is 2.38 bits per heavy atom. The van der Waals surface area contributed by atoms with Crippen molar-refractivity contribution in [2.24, 2.45) is 5.92 Å². The van der Waals surface area contributed by atoms with Gasteiger partial charge in [0.1, 0.15) is 11.7 Å². The first-order chi connectivity index (χ1) is 9.94. The zero-order chi connectivity index (χ0) is 16.0. The molecular formula is C15H25N3O3. The molecule has 0 aliphatic carbocycles. The van der Waals surface area contributed by atoms with E-state index < -0.39 is 17.9 Å². The van der Waals surface area contributed by atoms with Crippen molar-refractivity contribution in [1.29, 1.82) is 0 Å². The molecule has 1 rings (SSSR count). The van der Waals surface area contributed by atoms with E-state index in [2.05, 4.69) is 24.3 Å². The number of amides is 1. The van der Waals surface area contributed by atoms with Gasteiger partial charge in [-0.25, -0.2) is 4.79 Å². The fourth-order valence-electron chi connectivity index (χ4n) is 2.22. The first-order valence-corrected chi connectivity index (χ1v) is 7.53. The summed E-state index contributed by atoms with van der Waals surface area (Å²) in [4.78, 5) is 23.4. The number of aliphatic carboxylic acids is 1. The minimum absolute atomic E-state index is 0.132. The van der Waals surface area contributed by atoms with Crippen molar-refractivity contribution in [1.82, 2.24) is 15.1 Å². The number of rotatable bonds is 8. The number of nitrogens with zero attached hydrogens (tertiary/aromatic N) is 2. The SMILES string of the molecule is CCC(CC)n1ccc(C(=O)N[C@H](C(=O)O)[C@@H](C)CC)n1. The smallest absolute Gasteiger partial charge is 0.326 e. The summed E-state index contributed by atoms with van der Waals surface area (Å²) < 4.78 is 1.77. The van der Waals surface area contributed by atoms with Crippen molar-refractivity contribution < 1.29 is 14.7 Å². The van der Waals surface area contributed by atoms with Crippen LogP contribution in [0.4, 0.5) is 0 Å². The van der Waals surface area contributed by atoms with E-state index in [1.807, 2.05) is 13.8 Å². The van der Waals surface area contributed by atoms with Gasteiger partial charge < -0.3 is 10.4 Å². The number of aromatic nitrogens is 2. The Kier molecular flexibility index (Phi) is 6.39. The van der Waals surface area contributed by atoms with E-state index in [1.54, 1.807) is 16.9 Å². The molecular weight excluding hydrogens is 270 g/mol. The molecule has 0 bridgehead atoms. The molecule has 0 radical (unpaired) electrons. The van der Waals surface area contributed by atoms with Gasteiger partial charge in [0, 0.05) is 6.20 Å². The third kappa shape index (κ3) is 4.31. The minimum Gasteiger partial charge on any atom is -0.480 e. The molecule has 6 heteroatoms. The van der Waals surface area contributed by atoms with E-state index in [4.69, 9.17) is 0 Å². The Morgan fingerprint density at radius 1 is 1.29 bits per heavy atom. The fraction of sp³-hybridized carbons (Fsp3) is 0.667. The number of nitrogens with one attached hydrogen (secondary N) is 1. The van der Waals surface area contributed by atoms with Crippen LogP contribution < -0.4 is 5.32 Å². The molecule has 0 aromatic carbocycles. The lowest BCUT2D eigenvalue weighted by Gasteiger charge is -2.19. The maximum atomic E-state index is 12.1. The van der Waals surface area contributed by atoms with Crippen molar-refractivity contribution in [3.63, 3.8) is 0 Å². The molecule has 0 saturated carbocycles. The lowest BCUT2D eigenvalue weighted by molar-refractivity contribution is -0.140. The monoisotopic (exact) mass is 295 g/mol. The predicted octanol–water partition coefficient (Wildman–Crippen LogP) is 2.47. The molecule has 0 spiro atoms. The van der Waals surface area contributed by atoms with Gasteiger partial charge >= 0.3 is 5.97 Å². The first-order valence-electron chi connectivity index (χ1n) is 7.53. The molecule has 0 saturated heterocycles. The van der Waals surface area contributed by atoms with Crippen LogP contribution in [-0.2, 0) is 4.79 Å². The molecule has 1 aromatic rings. The van der Waals surface area contributed by atoms with E-state index in [-0.39, 0.29) is 17.7 Å². The topological polar surface area (TPSA) is 84.2 Å². The molecule has 118 valence electrons. The number of carbonyl (C=O) groups excluding carboxylic acids is 1. The zero-order valence-electron chi connectivity index (χ0n) is 13.2. The second-order valence-corrected chi connectivity index (χ2v) is 5.33. The molecule has 1 amide bonds. The van der Waals surface area contributed by atoms with Gasteiger partial charge in [0.2, 0.25) is 0 Å². The van der Waals surface area contributed by atoms with Gasteiger partial charge in [-0.15, -0.1) is 0 Å². The molecule has 21 heavy (non-hydrogen) atoms. The Morgan fingerprint density at radius 2 is 1.90 bits per heavy atom. The number of hydrogen-bond donors (Lipinski definition) is 2. The van der Waals surface area contributed by atoms with Crippen LogP contribution in [0.2, 0.25) is 0 Å². The zero-order valence-corrected chi connectivity index (χ0v) is 13.2. The fourth-order valence-corrected chi connectivity index (χ4v) is 2.22. The van der Waals surface area contributed by atoms with Crippen LogP contribution in [0, 0.1) is 5.92 Å². The van der Waals surface area contributed by atoms with Gasteiger partial charge in [-0.3, -0.25) is 9.48 Å². The van der Waals surface area contributed by atoms with Crippen LogP contribution in [0.25, 0.3) is 0 Å². The molecule has 6 nitrogen and oxygen atoms in total. The molecule has 2 N–H and O–H groups in total. The highest BCUT2D eigenvalue weighted by Gasteiger charge is 2.26. The van der Waals surface area contributed by atoms with Crippen molar-refractivity contribution in [3.05, 3.63) is 18.0 Å². The quantitative estimate of drug-likeness (QED) is 0.771. The number of carbonyl (C=O) groups is 2. The summed E-state index contributed by atoms with van der Waals surface area (Å²) in [5.41, 5.74) is 0.261. The maximum Gasteiger partial charge on any atom is 0.326 e. The lowest BCUT2D eigenvalue weighted by atomic mass is 9.99. The van der Waals surface area contributed by atoms with Crippen molar-refractivity contribution in [2.75, 3.05) is 0 Å². The van der Waals surface area contributed by atoms with Gasteiger partial charge in [-0.2, -0.15) is 5.10 Å². The van der Waals surface area contributed by atoms with Gasteiger partial charge in [0.15, 0.2) is 0 Å². The molecule has 0 aliphatic rings. The van der Waals surface area contributed by atoms with Gasteiger partial charge in [-0.05, 0) is 24.8 Å². The van der Waals surface area contributed by atoms with Crippen LogP contribution in [0.1, 0.15) is 63.5 Å². The summed E-state index contributed by atoms with van der Waals surface area (Å²) in [6, 6.07) is 1.00. The highest BCUT2D eigenvalue weighted by Crippen LogP contribution is 2.15. The minimum atomic E-state index is -1.02. The highest BCUT2D eigenvalue weighted by atomic mass is 16.4. The molecule has 2 atom stereocenters. The van der Waals surface area contributed by atoms with Gasteiger partial charge in [0.25, 0.3) is 5.91 Å². The highest BCUT2D eigenvalue weighted by molar-refractivity contribution is 5.94. The number of carboxylic acids is 1. The summed E-state index contributed by atoms with van der Waals surface area (Å²) in [6.07, 6.45) is 4.32. The Balaban J connectivity index is 2.81. The summed E-state index contributed by atoms with van der Waals surface area (Å²) in [5, 5.41) is 16.0. The normalized spacial score (nSPS) is 14.0. The second kappa shape index (κ2) is 7.81. The van der Waals surface area contributed by atoms with Crippen LogP contribution in [-0.4, -0.2) is 32.8 Å². The molecule has 1 heterocycles. The van der Waals surface area contributed by atoms with Crippen LogP contribution >= 0.6 is 0 Å². The third-order valence-electron chi connectivity index (χ3n) is 3.92. The van der Waals surface area contributed by atoms with E-state index in [1.165, 1.54) is 0 Å². The predicted molar refractivity (Wildman–Crippen MR) is 80.2 cm³/mol. The van der Waals surface area contributed by atoms with Crippen molar-refractivity contribution in [3.8, 4) is 0 Å². The number of hydrogen-bond acceptors (Lipinski definition) is 3. The molecule has 1 aromatic heterocycles. The van der Waals surface area contributed by atoms with E-state index in [0.717, 1.165) is 12.8 Å². The summed E-state index contributed by atoms with van der Waals surface area (Å²) in [6.45, 7) is 7.84. The summed E-state index contributed by atoms with van der Waals surface area (Å²) in [7, 11) is 0. The standard InChI is InChI=1S/C15H25N3O3/c1-5-10(4)13(15(20)21)16-14(19)12-8-9-18(17-12)11(6-2)7-3/h8-11,13H,5-7H2,1-4H3,(H,16,19)(H,20,21)/t10-,13-/m0/s1. The van der Waals surface area contributed by atoms with Crippen molar-refractivity contribution >= 4 is 11.9 Å². The van der Waals surface area contributed by atoms with Gasteiger partial charge in [-0.1, -0.05) is 34.1 Å². The first kappa shape index (κ1) is 17.2. The average molecular weight is 295 g/mol. The Hall–Kier alpha value is -1.85. The van der Waals surface area contributed by atoms with Crippen LogP contribution in [0.3, 0.4) is 0 Å². The second-order valence-electron chi connectivity index (χ2n) is 5.33. The Labute approximate surface area is 125 Å². The molecule has 0 fully saturated rings. The van der Waals surface area contributed by atoms with Crippen LogP contribution in [0.5, 0.6) is 0 Å². The average Bonchev–Trinajstić information content (AvgIpc) is 2.94. The summed E-state index contributed by atoms with van der Waals surface area (Å²) in [5.74, 6) is -1.59. The van der Waals surface area contributed by atoms with Crippen LogP contribution in [0.15, 0.2) is 12.3 Å². The third-order valence-corrected chi connectivity index (χ3v) is 3.92. The maximum absolute atomic E-state index is 12.1. The molecule has 0 aliphatic heterocycles. The summed E-state index contributed by atoms with van der Waals surface area (Å²) >= 11 is 0. The van der Waals surface area contributed by atoms with Crippen molar-refractivity contribution in [2.45, 2.75) is 59.0 Å². The van der Waals surface area contributed by atoms with E-state index in [0.29, 0.717) is 6.42 Å². The van der Waals surface area contributed by atoms with E-state index >= 15 is 0 Å². The number of carboxylic acid groups (broad SMARTS) is 1. The van der Waals surface area contributed by atoms with E-state index in [9.17, 15) is 14.7 Å². The van der Waals surface area contributed by atoms with Gasteiger partial charge in [0.05, 0.1) is 6.04 Å².